The van der Waals surface area contributed by atoms with E-state index < -0.39 is 0 Å². The Morgan fingerprint density at radius 2 is 1.87 bits per heavy atom. The van der Waals surface area contributed by atoms with Crippen molar-refractivity contribution >= 4 is 11.5 Å². The summed E-state index contributed by atoms with van der Waals surface area (Å²) in [7, 11) is 0. The maximum atomic E-state index is 12.6. The highest BCUT2D eigenvalue weighted by atomic mass is 16.5. The van der Waals surface area contributed by atoms with Crippen molar-refractivity contribution in [2.45, 2.75) is 40.0 Å². The van der Waals surface area contributed by atoms with E-state index in [-0.39, 0.29) is 5.78 Å². The predicted octanol–water partition coefficient (Wildman–Crippen LogP) is 3.60. The lowest BCUT2D eigenvalue weighted by Crippen LogP contribution is -2.23. The van der Waals surface area contributed by atoms with Gasteiger partial charge in [0.1, 0.15) is 5.75 Å². The molecule has 1 saturated heterocycles. The Hall–Kier alpha value is -1.55. The molecule has 1 fully saturated rings. The molecule has 0 bridgehead atoms. The molecule has 0 spiro atoms. The van der Waals surface area contributed by atoms with Crippen LogP contribution in [-0.4, -0.2) is 50.0 Å². The van der Waals surface area contributed by atoms with Crippen LogP contribution in [0.3, 0.4) is 0 Å². The summed E-state index contributed by atoms with van der Waals surface area (Å²) in [5.41, 5.74) is 1.84. The number of nitrogens with zero attached hydrogens (tertiary/aromatic N) is 2. The van der Waals surface area contributed by atoms with E-state index in [4.69, 9.17) is 4.74 Å². The minimum absolute atomic E-state index is 0.187. The molecule has 23 heavy (non-hydrogen) atoms. The van der Waals surface area contributed by atoms with Crippen molar-refractivity contribution in [3.8, 4) is 5.75 Å². The molecule has 1 aliphatic rings. The quantitative estimate of drug-likeness (QED) is 0.651. The first-order valence-electron chi connectivity index (χ1n) is 8.96. The number of anilines is 1. The van der Waals surface area contributed by atoms with Gasteiger partial charge in [0.05, 0.1) is 12.2 Å². The molecule has 128 valence electrons. The molecule has 1 aromatic carbocycles. The first-order chi connectivity index (χ1) is 11.2. The Morgan fingerprint density at radius 1 is 1.17 bits per heavy atom. The topological polar surface area (TPSA) is 32.8 Å². The monoisotopic (exact) mass is 318 g/mol. The summed E-state index contributed by atoms with van der Waals surface area (Å²) >= 11 is 0. The van der Waals surface area contributed by atoms with Gasteiger partial charge in [-0.2, -0.15) is 0 Å². The summed E-state index contributed by atoms with van der Waals surface area (Å²) in [5, 5.41) is 0. The molecule has 0 atom stereocenters. The van der Waals surface area contributed by atoms with E-state index in [1.54, 1.807) is 0 Å². The average Bonchev–Trinajstić information content (AvgIpc) is 3.08. The molecule has 0 aromatic heterocycles. The molecule has 0 saturated carbocycles. The molecule has 1 heterocycles. The molecule has 2 rings (SSSR count). The highest BCUT2D eigenvalue weighted by Crippen LogP contribution is 2.27. The third-order valence-electron chi connectivity index (χ3n) is 4.55. The van der Waals surface area contributed by atoms with Gasteiger partial charge in [-0.3, -0.25) is 4.79 Å². The van der Waals surface area contributed by atoms with E-state index in [0.717, 1.165) is 49.7 Å². The second-order valence-corrected chi connectivity index (χ2v) is 6.01. The second kappa shape index (κ2) is 8.92. The maximum absolute atomic E-state index is 12.6. The van der Waals surface area contributed by atoms with Crippen molar-refractivity contribution in [1.29, 1.82) is 0 Å². The van der Waals surface area contributed by atoms with Crippen LogP contribution in [0.5, 0.6) is 5.75 Å². The largest absolute Gasteiger partial charge is 0.493 e. The summed E-state index contributed by atoms with van der Waals surface area (Å²) in [6, 6.07) is 5.99. The van der Waals surface area contributed by atoms with Crippen LogP contribution in [0.15, 0.2) is 18.2 Å². The highest BCUT2D eigenvalue weighted by Gasteiger charge is 2.17. The van der Waals surface area contributed by atoms with E-state index in [0.29, 0.717) is 13.0 Å². The van der Waals surface area contributed by atoms with E-state index in [9.17, 15) is 4.79 Å². The molecular weight excluding hydrogens is 288 g/mol. The molecule has 0 N–H and O–H groups in total. The Balaban J connectivity index is 2.10. The van der Waals surface area contributed by atoms with Crippen LogP contribution in [0.4, 0.5) is 5.69 Å². The first-order valence-corrected chi connectivity index (χ1v) is 8.96. The number of carbonyl (C=O) groups is 1. The van der Waals surface area contributed by atoms with Crippen molar-refractivity contribution < 1.29 is 9.53 Å². The Labute approximate surface area is 140 Å². The molecule has 1 aliphatic heterocycles. The van der Waals surface area contributed by atoms with Crippen molar-refractivity contribution in [3.05, 3.63) is 23.8 Å². The normalized spacial score (nSPS) is 14.9. The van der Waals surface area contributed by atoms with Gasteiger partial charge in [-0.05, 0) is 58.8 Å². The van der Waals surface area contributed by atoms with Gasteiger partial charge in [-0.15, -0.1) is 0 Å². The van der Waals surface area contributed by atoms with Crippen molar-refractivity contribution in [1.82, 2.24) is 4.90 Å². The van der Waals surface area contributed by atoms with Gasteiger partial charge in [0.15, 0.2) is 5.78 Å². The van der Waals surface area contributed by atoms with Gasteiger partial charge in [0, 0.05) is 37.8 Å². The number of ketones is 1. The lowest BCUT2D eigenvalue weighted by Gasteiger charge is -2.22. The summed E-state index contributed by atoms with van der Waals surface area (Å²) in [6.45, 7) is 11.8. The number of ether oxygens (including phenoxy) is 1. The minimum Gasteiger partial charge on any atom is -0.493 e. The highest BCUT2D eigenvalue weighted by molar-refractivity contribution is 5.99. The van der Waals surface area contributed by atoms with E-state index in [1.165, 1.54) is 12.8 Å². The molecule has 0 aliphatic carbocycles. The van der Waals surface area contributed by atoms with Crippen LogP contribution in [0.2, 0.25) is 0 Å². The Kier molecular flexibility index (Phi) is 6.90. The summed E-state index contributed by atoms with van der Waals surface area (Å²) in [4.78, 5) is 17.2. The van der Waals surface area contributed by atoms with Gasteiger partial charge in [0.2, 0.25) is 0 Å². The average molecular weight is 318 g/mol. The Morgan fingerprint density at radius 3 is 2.48 bits per heavy atom. The van der Waals surface area contributed by atoms with Crippen LogP contribution in [0.1, 0.15) is 50.4 Å². The van der Waals surface area contributed by atoms with Crippen LogP contribution in [0, 0.1) is 0 Å². The van der Waals surface area contributed by atoms with Gasteiger partial charge >= 0.3 is 0 Å². The first kappa shape index (κ1) is 17.8. The number of hydrogen-bond donors (Lipinski definition) is 0. The summed E-state index contributed by atoms with van der Waals surface area (Å²) in [5.74, 6) is 0.912. The SMILES string of the molecule is CCOc1cc(N(CC)CC)ccc1C(=O)CCN1CCCC1. The lowest BCUT2D eigenvalue weighted by molar-refractivity contribution is 0.0965. The standard InChI is InChI=1S/C19H30N2O2/c1-4-21(5-2)16-9-10-17(19(15-16)23-6-3)18(22)11-14-20-12-7-8-13-20/h9-10,15H,4-8,11-14H2,1-3H3. The number of likely N-dealkylation sites (tertiary alicyclic amines) is 1. The zero-order valence-corrected chi connectivity index (χ0v) is 14.8. The van der Waals surface area contributed by atoms with E-state index in [2.05, 4.69) is 23.6 Å². The van der Waals surface area contributed by atoms with Gasteiger partial charge in [-0.25, -0.2) is 0 Å². The fraction of sp³-hybridized carbons (Fsp3) is 0.632. The van der Waals surface area contributed by atoms with Crippen LogP contribution in [0.25, 0.3) is 0 Å². The van der Waals surface area contributed by atoms with Gasteiger partial charge < -0.3 is 14.5 Å². The third kappa shape index (κ3) is 4.71. The fourth-order valence-corrected chi connectivity index (χ4v) is 3.20. The number of benzene rings is 1. The van der Waals surface area contributed by atoms with E-state index >= 15 is 0 Å². The summed E-state index contributed by atoms with van der Waals surface area (Å²) < 4.78 is 5.75. The molecule has 0 radical (unpaired) electrons. The summed E-state index contributed by atoms with van der Waals surface area (Å²) in [6.07, 6.45) is 3.10. The minimum atomic E-state index is 0.187. The van der Waals surface area contributed by atoms with Crippen LogP contribution >= 0.6 is 0 Å². The lowest BCUT2D eigenvalue weighted by atomic mass is 10.1. The number of rotatable bonds is 9. The molecule has 4 heteroatoms. The van der Waals surface area contributed by atoms with Crippen molar-refractivity contribution in [2.24, 2.45) is 0 Å². The number of carbonyl (C=O) groups excluding carboxylic acids is 1. The van der Waals surface area contributed by atoms with Gasteiger partial charge in [0.25, 0.3) is 0 Å². The van der Waals surface area contributed by atoms with Crippen LogP contribution in [-0.2, 0) is 0 Å². The third-order valence-corrected chi connectivity index (χ3v) is 4.55. The van der Waals surface area contributed by atoms with Gasteiger partial charge in [-0.1, -0.05) is 0 Å². The molecular formula is C19H30N2O2. The second-order valence-electron chi connectivity index (χ2n) is 6.01. The zero-order valence-electron chi connectivity index (χ0n) is 14.8. The smallest absolute Gasteiger partial charge is 0.167 e. The number of Topliss-reactive ketones (excluding diaryl/α,β-unsaturated/α-hetero) is 1. The van der Waals surface area contributed by atoms with Crippen molar-refractivity contribution in [2.75, 3.05) is 44.2 Å². The Bertz CT molecular complexity index is 506. The van der Waals surface area contributed by atoms with E-state index in [1.807, 2.05) is 25.1 Å². The number of hydrogen-bond acceptors (Lipinski definition) is 4. The van der Waals surface area contributed by atoms with Crippen LogP contribution < -0.4 is 9.64 Å². The maximum Gasteiger partial charge on any atom is 0.167 e. The fourth-order valence-electron chi connectivity index (χ4n) is 3.20. The molecule has 4 nitrogen and oxygen atoms in total. The predicted molar refractivity (Wildman–Crippen MR) is 95.8 cm³/mol. The van der Waals surface area contributed by atoms with Crippen molar-refractivity contribution in [3.63, 3.8) is 0 Å². The molecule has 0 unspecified atom stereocenters. The molecule has 0 amide bonds. The zero-order chi connectivity index (χ0) is 16.7. The molecule has 1 aromatic rings.